The van der Waals surface area contributed by atoms with Gasteiger partial charge in [0.1, 0.15) is 11.1 Å². The van der Waals surface area contributed by atoms with Crippen molar-refractivity contribution in [1.29, 1.82) is 5.26 Å². The summed E-state index contributed by atoms with van der Waals surface area (Å²) in [6, 6.07) is 5.90. The van der Waals surface area contributed by atoms with E-state index in [1.807, 2.05) is 19.9 Å². The van der Waals surface area contributed by atoms with Gasteiger partial charge in [0, 0.05) is 36.4 Å². The maximum Gasteiger partial charge on any atom is 0.409 e. The molecule has 0 saturated heterocycles. The standard InChI is InChI=1S/C23H26N4O3S/c1-3-27(4-2)23(29)30-15-17-7-9-18-19(13-24)22(31-20(18)12-17)26-21(28)10-8-16-6-5-11-25-14-16/h5-6,8,10-11,14,17H,3-4,7,9,12,15H2,1-2H3,(H,26,28). The number of nitrogens with one attached hydrogen (secondary N) is 1. The predicted molar refractivity (Wildman–Crippen MR) is 121 cm³/mol. The van der Waals surface area contributed by atoms with Crippen LogP contribution in [0.5, 0.6) is 0 Å². The molecule has 7 nitrogen and oxygen atoms in total. The number of rotatable bonds is 7. The molecular weight excluding hydrogens is 412 g/mol. The molecular formula is C23H26N4O3S. The number of aromatic nitrogens is 1. The number of carbonyl (C=O) groups excluding carboxylic acids is 2. The number of hydrogen-bond acceptors (Lipinski definition) is 6. The summed E-state index contributed by atoms with van der Waals surface area (Å²) < 4.78 is 5.49. The van der Waals surface area contributed by atoms with Crippen molar-refractivity contribution in [2.24, 2.45) is 5.92 Å². The van der Waals surface area contributed by atoms with Gasteiger partial charge in [0.05, 0.1) is 12.2 Å². The predicted octanol–water partition coefficient (Wildman–Crippen LogP) is 4.25. The van der Waals surface area contributed by atoms with Crippen molar-refractivity contribution < 1.29 is 14.3 Å². The first-order chi connectivity index (χ1) is 15.0. The molecule has 162 valence electrons. The molecule has 0 radical (unpaired) electrons. The maximum absolute atomic E-state index is 12.3. The molecule has 0 fully saturated rings. The van der Waals surface area contributed by atoms with Crippen LogP contribution in [0.4, 0.5) is 9.80 Å². The lowest BCUT2D eigenvalue weighted by Crippen LogP contribution is -2.33. The highest BCUT2D eigenvalue weighted by molar-refractivity contribution is 7.16. The van der Waals surface area contributed by atoms with E-state index >= 15 is 0 Å². The van der Waals surface area contributed by atoms with Gasteiger partial charge in [-0.2, -0.15) is 5.26 Å². The molecule has 0 saturated carbocycles. The van der Waals surface area contributed by atoms with Crippen LogP contribution in [-0.4, -0.2) is 41.6 Å². The van der Waals surface area contributed by atoms with E-state index in [1.54, 1.807) is 29.4 Å². The van der Waals surface area contributed by atoms with Crippen LogP contribution in [0.1, 0.15) is 41.8 Å². The zero-order valence-corrected chi connectivity index (χ0v) is 18.6. The van der Waals surface area contributed by atoms with Gasteiger partial charge >= 0.3 is 6.09 Å². The van der Waals surface area contributed by atoms with Crippen LogP contribution in [-0.2, 0) is 22.4 Å². The number of carbonyl (C=O) groups is 2. The van der Waals surface area contributed by atoms with Gasteiger partial charge < -0.3 is 15.0 Å². The Morgan fingerprint density at radius 3 is 2.90 bits per heavy atom. The Bertz CT molecular complexity index is 990. The highest BCUT2D eigenvalue weighted by Gasteiger charge is 2.27. The van der Waals surface area contributed by atoms with Gasteiger partial charge in [0.2, 0.25) is 5.91 Å². The molecule has 1 unspecified atom stereocenters. The minimum Gasteiger partial charge on any atom is -0.449 e. The average Bonchev–Trinajstić information content (AvgIpc) is 3.13. The van der Waals surface area contributed by atoms with Crippen LogP contribution in [0, 0.1) is 17.2 Å². The average molecular weight is 439 g/mol. The molecule has 0 bridgehead atoms. The Morgan fingerprint density at radius 1 is 1.42 bits per heavy atom. The van der Waals surface area contributed by atoms with Crippen LogP contribution in [0.25, 0.3) is 6.08 Å². The van der Waals surface area contributed by atoms with Crippen LogP contribution < -0.4 is 5.32 Å². The molecule has 3 rings (SSSR count). The molecule has 1 aliphatic carbocycles. The van der Waals surface area contributed by atoms with Crippen molar-refractivity contribution in [2.75, 3.05) is 25.0 Å². The van der Waals surface area contributed by atoms with E-state index in [2.05, 4.69) is 16.4 Å². The fourth-order valence-electron chi connectivity index (χ4n) is 3.57. The fraction of sp³-hybridized carbons (Fsp3) is 0.391. The fourth-order valence-corrected chi connectivity index (χ4v) is 4.88. The second-order valence-corrected chi connectivity index (χ2v) is 8.39. The summed E-state index contributed by atoms with van der Waals surface area (Å²) in [5.74, 6) is -0.0742. The van der Waals surface area contributed by atoms with E-state index in [9.17, 15) is 14.9 Å². The zero-order valence-electron chi connectivity index (χ0n) is 17.8. The van der Waals surface area contributed by atoms with Crippen molar-refractivity contribution in [1.82, 2.24) is 9.88 Å². The topological polar surface area (TPSA) is 95.3 Å². The van der Waals surface area contributed by atoms with Gasteiger partial charge in [-0.3, -0.25) is 9.78 Å². The Labute approximate surface area is 186 Å². The summed E-state index contributed by atoms with van der Waals surface area (Å²) in [5, 5.41) is 13.1. The lowest BCUT2D eigenvalue weighted by Gasteiger charge is -2.24. The van der Waals surface area contributed by atoms with E-state index in [0.29, 0.717) is 30.3 Å². The molecule has 1 aliphatic rings. The largest absolute Gasteiger partial charge is 0.449 e. The highest BCUT2D eigenvalue weighted by atomic mass is 32.1. The number of hydrogen-bond donors (Lipinski definition) is 1. The zero-order chi connectivity index (χ0) is 22.2. The maximum atomic E-state index is 12.3. The number of fused-ring (bicyclic) bond motifs is 1. The van der Waals surface area contributed by atoms with Gasteiger partial charge in [-0.05, 0) is 62.3 Å². The van der Waals surface area contributed by atoms with Crippen molar-refractivity contribution in [3.63, 3.8) is 0 Å². The minimum atomic E-state index is -0.288. The summed E-state index contributed by atoms with van der Waals surface area (Å²) in [4.78, 5) is 31.2. The van der Waals surface area contributed by atoms with E-state index in [1.165, 1.54) is 17.4 Å². The van der Waals surface area contributed by atoms with Gasteiger partial charge in [0.25, 0.3) is 0 Å². The SMILES string of the molecule is CCN(CC)C(=O)OCC1CCc2c(sc(NC(=O)C=Cc3cccnc3)c2C#N)C1. The highest BCUT2D eigenvalue weighted by Crippen LogP contribution is 2.39. The van der Waals surface area contributed by atoms with Crippen molar-refractivity contribution in [3.05, 3.63) is 52.2 Å². The van der Waals surface area contributed by atoms with E-state index in [0.717, 1.165) is 35.3 Å². The lowest BCUT2D eigenvalue weighted by atomic mass is 9.88. The molecule has 1 atom stereocenters. The van der Waals surface area contributed by atoms with Crippen LogP contribution in [0.2, 0.25) is 0 Å². The van der Waals surface area contributed by atoms with Gasteiger partial charge in [0.15, 0.2) is 0 Å². The molecule has 0 spiro atoms. The molecule has 2 aromatic rings. The number of nitriles is 1. The summed E-state index contributed by atoms with van der Waals surface area (Å²) >= 11 is 1.44. The first-order valence-corrected chi connectivity index (χ1v) is 11.2. The summed E-state index contributed by atoms with van der Waals surface area (Å²) in [7, 11) is 0. The Morgan fingerprint density at radius 2 is 2.23 bits per heavy atom. The third kappa shape index (κ3) is 5.70. The number of thiophene rings is 1. The molecule has 2 heterocycles. The lowest BCUT2D eigenvalue weighted by molar-refractivity contribution is -0.111. The number of pyridine rings is 1. The summed E-state index contributed by atoms with van der Waals surface area (Å²) in [5.41, 5.74) is 2.37. The first kappa shape index (κ1) is 22.5. The van der Waals surface area contributed by atoms with E-state index < -0.39 is 0 Å². The second-order valence-electron chi connectivity index (χ2n) is 7.29. The molecule has 0 aliphatic heterocycles. The Balaban J connectivity index is 1.63. The Kier molecular flexibility index (Phi) is 7.79. The van der Waals surface area contributed by atoms with Gasteiger partial charge in [-0.25, -0.2) is 4.79 Å². The molecule has 8 heteroatoms. The van der Waals surface area contributed by atoms with E-state index in [-0.39, 0.29) is 17.9 Å². The molecule has 31 heavy (non-hydrogen) atoms. The third-order valence-corrected chi connectivity index (χ3v) is 6.46. The monoisotopic (exact) mass is 438 g/mol. The minimum absolute atomic E-state index is 0.214. The molecule has 2 aromatic heterocycles. The van der Waals surface area contributed by atoms with Gasteiger partial charge in [-0.15, -0.1) is 11.3 Å². The number of anilines is 1. The third-order valence-electron chi connectivity index (χ3n) is 5.29. The number of nitrogens with zero attached hydrogens (tertiary/aromatic N) is 3. The summed E-state index contributed by atoms with van der Waals surface area (Å²) in [6.45, 7) is 5.46. The van der Waals surface area contributed by atoms with Crippen LogP contribution >= 0.6 is 11.3 Å². The van der Waals surface area contributed by atoms with Crippen LogP contribution in [0.15, 0.2) is 30.6 Å². The van der Waals surface area contributed by atoms with Crippen LogP contribution in [0.3, 0.4) is 0 Å². The van der Waals surface area contributed by atoms with Crippen molar-refractivity contribution in [3.8, 4) is 6.07 Å². The van der Waals surface area contributed by atoms with E-state index in [4.69, 9.17) is 4.74 Å². The molecule has 0 aromatic carbocycles. The normalized spacial score (nSPS) is 15.2. The number of ether oxygens (including phenoxy) is 1. The Hall–Kier alpha value is -3.18. The smallest absolute Gasteiger partial charge is 0.409 e. The quantitative estimate of drug-likeness (QED) is 0.652. The molecule has 1 N–H and O–H groups in total. The summed E-state index contributed by atoms with van der Waals surface area (Å²) in [6.07, 6.45) is 8.50. The second kappa shape index (κ2) is 10.7. The number of amides is 2. The first-order valence-electron chi connectivity index (χ1n) is 10.4. The molecule has 2 amide bonds. The van der Waals surface area contributed by atoms with Gasteiger partial charge in [-0.1, -0.05) is 6.07 Å². The van der Waals surface area contributed by atoms with Crippen molar-refractivity contribution >= 4 is 34.4 Å². The van der Waals surface area contributed by atoms with Crippen molar-refractivity contribution in [2.45, 2.75) is 33.1 Å².